The maximum absolute atomic E-state index is 11.7. The third-order valence-corrected chi connectivity index (χ3v) is 2.20. The Labute approximate surface area is 89.2 Å². The molecule has 92 valence electrons. The Balaban J connectivity index is 3.12. The first kappa shape index (κ1) is 14.7. The van der Waals surface area contributed by atoms with Crippen LogP contribution < -0.4 is 5.32 Å². The Morgan fingerprint density at radius 2 is 1.87 bits per heavy atom. The summed E-state index contributed by atoms with van der Waals surface area (Å²) in [6.45, 7) is 2.28. The highest BCUT2D eigenvalue weighted by atomic mass is 19.4. The molecule has 15 heavy (non-hydrogen) atoms. The molecule has 0 heterocycles. The van der Waals surface area contributed by atoms with Gasteiger partial charge in [0.15, 0.2) is 0 Å². The van der Waals surface area contributed by atoms with E-state index in [2.05, 4.69) is 12.2 Å². The van der Waals surface area contributed by atoms with Gasteiger partial charge in [0.05, 0.1) is 13.0 Å². The minimum atomic E-state index is -4.10. The maximum atomic E-state index is 11.7. The van der Waals surface area contributed by atoms with Crippen LogP contribution in [0.5, 0.6) is 0 Å². The molecule has 1 N–H and O–H groups in total. The molecule has 0 radical (unpaired) electrons. The van der Waals surface area contributed by atoms with Crippen LogP contribution in [0.15, 0.2) is 0 Å². The van der Waals surface area contributed by atoms with Gasteiger partial charge in [-0.1, -0.05) is 0 Å². The first-order chi connectivity index (χ1) is 6.95. The van der Waals surface area contributed by atoms with Crippen molar-refractivity contribution >= 4 is 0 Å². The molecule has 0 aliphatic carbocycles. The predicted molar refractivity (Wildman–Crippen MR) is 53.9 cm³/mol. The molecule has 0 fully saturated rings. The Bertz CT molecular complexity index is 150. The monoisotopic (exact) mass is 227 g/mol. The first-order valence-electron chi connectivity index (χ1n) is 5.27. The predicted octanol–water partition coefficient (Wildman–Crippen LogP) is 2.73. The second-order valence-electron chi connectivity index (χ2n) is 3.66. The van der Waals surface area contributed by atoms with Crippen LogP contribution in [-0.2, 0) is 4.74 Å². The van der Waals surface area contributed by atoms with Gasteiger partial charge < -0.3 is 10.1 Å². The molecule has 2 nitrogen and oxygen atoms in total. The Morgan fingerprint density at radius 3 is 2.40 bits per heavy atom. The zero-order valence-corrected chi connectivity index (χ0v) is 9.36. The second kappa shape index (κ2) is 7.93. The fourth-order valence-corrected chi connectivity index (χ4v) is 1.09. The summed E-state index contributed by atoms with van der Waals surface area (Å²) in [4.78, 5) is 0. The van der Waals surface area contributed by atoms with E-state index < -0.39 is 12.6 Å². The zero-order valence-electron chi connectivity index (χ0n) is 9.36. The van der Waals surface area contributed by atoms with Crippen LogP contribution in [0.4, 0.5) is 13.2 Å². The Hall–Kier alpha value is -0.290. The summed E-state index contributed by atoms with van der Waals surface area (Å²) in [5.41, 5.74) is 0. The summed E-state index contributed by atoms with van der Waals surface area (Å²) in [6.07, 6.45) is -2.11. The van der Waals surface area contributed by atoms with Crippen molar-refractivity contribution in [2.45, 2.75) is 44.8 Å². The lowest BCUT2D eigenvalue weighted by molar-refractivity contribution is -0.145. The summed E-state index contributed by atoms with van der Waals surface area (Å²) < 4.78 is 40.0. The second-order valence-corrected chi connectivity index (χ2v) is 3.66. The van der Waals surface area contributed by atoms with Crippen molar-refractivity contribution in [1.82, 2.24) is 5.32 Å². The van der Waals surface area contributed by atoms with Crippen LogP contribution in [0.1, 0.15) is 32.6 Å². The van der Waals surface area contributed by atoms with E-state index in [1.807, 2.05) is 7.05 Å². The lowest BCUT2D eigenvalue weighted by Gasteiger charge is -2.10. The molecule has 0 amide bonds. The van der Waals surface area contributed by atoms with Crippen LogP contribution in [0.2, 0.25) is 0 Å². The van der Waals surface area contributed by atoms with Crippen LogP contribution in [0.3, 0.4) is 0 Å². The van der Waals surface area contributed by atoms with Crippen LogP contribution >= 0.6 is 0 Å². The molecular weight excluding hydrogens is 207 g/mol. The lowest BCUT2D eigenvalue weighted by atomic mass is 10.1. The zero-order chi connectivity index (χ0) is 11.7. The molecular formula is C10H20F3NO. The van der Waals surface area contributed by atoms with Gasteiger partial charge in [-0.15, -0.1) is 0 Å². The van der Waals surface area contributed by atoms with Crippen molar-refractivity contribution in [2.75, 3.05) is 20.3 Å². The molecule has 0 aliphatic heterocycles. The third-order valence-electron chi connectivity index (χ3n) is 2.20. The van der Waals surface area contributed by atoms with Crippen LogP contribution in [0.25, 0.3) is 0 Å². The number of rotatable bonds is 8. The summed E-state index contributed by atoms with van der Waals surface area (Å²) in [6, 6.07) is 0.458. The van der Waals surface area contributed by atoms with Gasteiger partial charge in [-0.05, 0) is 33.2 Å². The molecule has 0 aliphatic rings. The van der Waals surface area contributed by atoms with E-state index in [0.29, 0.717) is 12.6 Å². The van der Waals surface area contributed by atoms with E-state index in [1.165, 1.54) is 0 Å². The molecule has 0 aromatic heterocycles. The van der Waals surface area contributed by atoms with Gasteiger partial charge in [0, 0.05) is 12.6 Å². The highest BCUT2D eigenvalue weighted by Crippen LogP contribution is 2.18. The van der Waals surface area contributed by atoms with Gasteiger partial charge in [0.25, 0.3) is 0 Å². The number of halogens is 3. The molecule has 1 atom stereocenters. The number of hydrogen-bond donors (Lipinski definition) is 1. The fraction of sp³-hybridized carbons (Fsp3) is 1.00. The smallest absolute Gasteiger partial charge is 0.381 e. The fourth-order valence-electron chi connectivity index (χ4n) is 1.09. The SMILES string of the molecule is CNC(C)CCCCOCCC(F)(F)F. The Morgan fingerprint density at radius 1 is 1.20 bits per heavy atom. The number of unbranched alkanes of at least 4 members (excludes halogenated alkanes) is 1. The standard InChI is InChI=1S/C10H20F3NO/c1-9(14-2)5-3-4-7-15-8-6-10(11,12)13/h9,14H,3-8H2,1-2H3. The Kier molecular flexibility index (Phi) is 7.78. The normalized spacial score (nSPS) is 14.2. The van der Waals surface area contributed by atoms with Crippen molar-refractivity contribution in [2.24, 2.45) is 0 Å². The average molecular weight is 227 g/mol. The van der Waals surface area contributed by atoms with Gasteiger partial charge in [0.1, 0.15) is 0 Å². The average Bonchev–Trinajstić information content (AvgIpc) is 2.14. The lowest BCUT2D eigenvalue weighted by Crippen LogP contribution is -2.20. The van der Waals surface area contributed by atoms with E-state index in [4.69, 9.17) is 4.74 Å². The van der Waals surface area contributed by atoms with Gasteiger partial charge in [-0.3, -0.25) is 0 Å². The van der Waals surface area contributed by atoms with Crippen molar-refractivity contribution < 1.29 is 17.9 Å². The summed E-state index contributed by atoms with van der Waals surface area (Å²) in [5.74, 6) is 0. The maximum Gasteiger partial charge on any atom is 0.391 e. The highest BCUT2D eigenvalue weighted by Gasteiger charge is 2.26. The van der Waals surface area contributed by atoms with Crippen LogP contribution in [-0.4, -0.2) is 32.5 Å². The van der Waals surface area contributed by atoms with Gasteiger partial charge in [-0.2, -0.15) is 13.2 Å². The molecule has 0 saturated carbocycles. The van der Waals surface area contributed by atoms with Gasteiger partial charge >= 0.3 is 6.18 Å². The topological polar surface area (TPSA) is 21.3 Å². The van der Waals surface area contributed by atoms with Crippen molar-refractivity contribution in [1.29, 1.82) is 0 Å². The van der Waals surface area contributed by atoms with Gasteiger partial charge in [0.2, 0.25) is 0 Å². The molecule has 0 spiro atoms. The molecule has 5 heteroatoms. The largest absolute Gasteiger partial charge is 0.391 e. The number of hydrogen-bond acceptors (Lipinski definition) is 2. The van der Waals surface area contributed by atoms with E-state index in [-0.39, 0.29) is 6.61 Å². The molecule has 0 saturated heterocycles. The van der Waals surface area contributed by atoms with E-state index in [9.17, 15) is 13.2 Å². The molecule has 0 bridgehead atoms. The van der Waals surface area contributed by atoms with Crippen molar-refractivity contribution in [3.05, 3.63) is 0 Å². The van der Waals surface area contributed by atoms with Gasteiger partial charge in [-0.25, -0.2) is 0 Å². The molecule has 0 rings (SSSR count). The van der Waals surface area contributed by atoms with Crippen molar-refractivity contribution in [3.63, 3.8) is 0 Å². The first-order valence-corrected chi connectivity index (χ1v) is 5.27. The van der Waals surface area contributed by atoms with Crippen LogP contribution in [0, 0.1) is 0 Å². The van der Waals surface area contributed by atoms with E-state index in [0.717, 1.165) is 19.3 Å². The number of alkyl halides is 3. The highest BCUT2D eigenvalue weighted by molar-refractivity contribution is 4.56. The molecule has 0 aromatic carbocycles. The third kappa shape index (κ3) is 11.6. The summed E-state index contributed by atoms with van der Waals surface area (Å²) in [7, 11) is 1.89. The number of ether oxygens (including phenoxy) is 1. The van der Waals surface area contributed by atoms with Crippen molar-refractivity contribution in [3.8, 4) is 0 Å². The number of nitrogens with one attached hydrogen (secondary N) is 1. The summed E-state index contributed by atoms with van der Waals surface area (Å²) in [5, 5.41) is 3.10. The van der Waals surface area contributed by atoms with E-state index >= 15 is 0 Å². The quantitative estimate of drug-likeness (QED) is 0.644. The molecule has 0 aromatic rings. The molecule has 1 unspecified atom stereocenters. The van der Waals surface area contributed by atoms with E-state index in [1.54, 1.807) is 0 Å². The minimum Gasteiger partial charge on any atom is -0.381 e. The summed E-state index contributed by atoms with van der Waals surface area (Å²) >= 11 is 0. The minimum absolute atomic E-state index is 0.217.